The Kier molecular flexibility index (Phi) is 11.2. The molecule has 1 atom stereocenters. The molecule has 0 aliphatic carbocycles. The van der Waals surface area contributed by atoms with Crippen molar-refractivity contribution < 1.29 is 50.1 Å². The number of sulfonamides is 1. The fourth-order valence-corrected chi connectivity index (χ4v) is 4.00. The number of anilines is 1. The van der Waals surface area contributed by atoms with Crippen LogP contribution in [-0.4, -0.2) is 51.6 Å². The Hall–Kier alpha value is -4.90. The highest BCUT2D eigenvalue weighted by molar-refractivity contribution is 7.89. The van der Waals surface area contributed by atoms with Crippen LogP contribution in [0.2, 0.25) is 0 Å². The molecule has 0 aliphatic rings. The van der Waals surface area contributed by atoms with Gasteiger partial charge in [-0.2, -0.15) is 13.2 Å². The summed E-state index contributed by atoms with van der Waals surface area (Å²) in [4.78, 5) is 24.0. The molecule has 0 radical (unpaired) electrons. The zero-order chi connectivity index (χ0) is 31.7. The summed E-state index contributed by atoms with van der Waals surface area (Å²) in [5.74, 6) is -4.31. The lowest BCUT2D eigenvalue weighted by atomic mass is 10.0. The number of ether oxygens (including phenoxy) is 2. The molecule has 17 heteroatoms. The van der Waals surface area contributed by atoms with Crippen LogP contribution in [0, 0.1) is 11.2 Å². The van der Waals surface area contributed by atoms with Gasteiger partial charge in [-0.1, -0.05) is 18.2 Å². The van der Waals surface area contributed by atoms with Crippen molar-refractivity contribution in [2.75, 3.05) is 19.5 Å². The molecular weight excluding hydrogens is 590 g/mol. The van der Waals surface area contributed by atoms with Crippen molar-refractivity contribution in [2.24, 2.45) is 5.73 Å². The zero-order valence-corrected chi connectivity index (χ0v) is 22.6. The van der Waals surface area contributed by atoms with E-state index in [1.54, 1.807) is 30.3 Å². The van der Waals surface area contributed by atoms with E-state index in [0.717, 1.165) is 6.07 Å². The van der Waals surface area contributed by atoms with Gasteiger partial charge in [0.2, 0.25) is 0 Å². The highest BCUT2D eigenvalue weighted by Gasteiger charge is 2.38. The van der Waals surface area contributed by atoms with Gasteiger partial charge in [-0.3, -0.25) is 15.6 Å². The third-order valence-electron chi connectivity index (χ3n) is 5.19. The second-order valence-electron chi connectivity index (χ2n) is 8.01. The summed E-state index contributed by atoms with van der Waals surface area (Å²) in [6, 6.07) is 14.5. The predicted molar refractivity (Wildman–Crippen MR) is 142 cm³/mol. The highest BCUT2D eigenvalue weighted by Crippen LogP contribution is 2.34. The number of alkyl halides is 3. The van der Waals surface area contributed by atoms with Gasteiger partial charge in [-0.05, 0) is 42.5 Å². The first-order valence-corrected chi connectivity index (χ1v) is 12.9. The number of carboxylic acids is 1. The average Bonchev–Trinajstić information content (AvgIpc) is 2.95. The van der Waals surface area contributed by atoms with Gasteiger partial charge >= 0.3 is 12.1 Å². The Labute approximate surface area is 237 Å². The van der Waals surface area contributed by atoms with Crippen LogP contribution in [0.1, 0.15) is 17.2 Å². The number of carbonyl (C=O) groups is 2. The minimum atomic E-state index is -5.08. The molecule has 0 fully saturated rings. The molecule has 0 heterocycles. The van der Waals surface area contributed by atoms with Gasteiger partial charge in [0.1, 0.15) is 17.7 Å². The maximum absolute atomic E-state index is 15.0. The number of amidine groups is 1. The number of hydrazine groups is 1. The van der Waals surface area contributed by atoms with Crippen molar-refractivity contribution in [1.29, 1.82) is 5.41 Å². The van der Waals surface area contributed by atoms with E-state index in [1.165, 1.54) is 44.6 Å². The van der Waals surface area contributed by atoms with E-state index in [1.807, 2.05) is 4.83 Å². The van der Waals surface area contributed by atoms with Gasteiger partial charge in [0.25, 0.3) is 15.9 Å². The predicted octanol–water partition coefficient (Wildman–Crippen LogP) is 2.92. The van der Waals surface area contributed by atoms with E-state index in [4.69, 9.17) is 30.5 Å². The summed E-state index contributed by atoms with van der Waals surface area (Å²) in [6.45, 7) is 0. The van der Waals surface area contributed by atoms with Crippen LogP contribution >= 0.6 is 0 Å². The number of hydrogen-bond acceptors (Lipinski definition) is 8. The van der Waals surface area contributed by atoms with E-state index < -0.39 is 39.9 Å². The minimum Gasteiger partial charge on any atom is -0.493 e. The molecule has 7 N–H and O–H groups in total. The lowest BCUT2D eigenvalue weighted by molar-refractivity contribution is -0.192. The number of carbonyl (C=O) groups excluding carboxylic acids is 1. The van der Waals surface area contributed by atoms with Crippen molar-refractivity contribution in [2.45, 2.75) is 17.1 Å². The van der Waals surface area contributed by atoms with Crippen LogP contribution < -0.4 is 30.8 Å². The number of nitrogens with two attached hydrogens (primary N) is 1. The van der Waals surface area contributed by atoms with Crippen molar-refractivity contribution in [1.82, 2.24) is 10.3 Å². The van der Waals surface area contributed by atoms with Crippen LogP contribution in [0.3, 0.4) is 0 Å². The molecule has 1 unspecified atom stereocenters. The molecule has 0 aromatic heterocycles. The molecule has 0 spiro atoms. The number of nitrogen functional groups attached to an aromatic ring is 1. The molecule has 1 amide bonds. The van der Waals surface area contributed by atoms with E-state index in [0.29, 0.717) is 11.3 Å². The maximum Gasteiger partial charge on any atom is 0.490 e. The lowest BCUT2D eigenvalue weighted by Gasteiger charge is -2.22. The van der Waals surface area contributed by atoms with Gasteiger partial charge in [0.05, 0.1) is 19.1 Å². The molecule has 0 aliphatic heterocycles. The first-order chi connectivity index (χ1) is 19.6. The summed E-state index contributed by atoms with van der Waals surface area (Å²) < 4.78 is 82.1. The number of rotatable bonds is 10. The average molecular weight is 616 g/mol. The topological polar surface area (TPSA) is 193 Å². The number of nitrogens with one attached hydrogen (secondary N) is 4. The summed E-state index contributed by atoms with van der Waals surface area (Å²) in [6.07, 6.45) is -5.08. The zero-order valence-electron chi connectivity index (χ0n) is 21.8. The van der Waals surface area contributed by atoms with Gasteiger partial charge < -0.3 is 25.6 Å². The molecular formula is C25H25F4N5O7S. The smallest absolute Gasteiger partial charge is 0.490 e. The molecule has 3 aromatic carbocycles. The van der Waals surface area contributed by atoms with E-state index in [9.17, 15) is 26.4 Å². The number of amides is 1. The molecule has 0 saturated heterocycles. The first-order valence-electron chi connectivity index (χ1n) is 11.4. The summed E-state index contributed by atoms with van der Waals surface area (Å²) >= 11 is 0. The molecule has 0 saturated carbocycles. The Balaban J connectivity index is 0.000000782. The number of methoxy groups -OCH3 is 2. The lowest BCUT2D eigenvalue weighted by Crippen LogP contribution is -2.45. The number of aliphatic carboxylic acids is 1. The summed E-state index contributed by atoms with van der Waals surface area (Å²) in [7, 11) is -1.38. The second-order valence-corrected chi connectivity index (χ2v) is 9.69. The third kappa shape index (κ3) is 9.07. The SMILES string of the molecule is COc1cc(F)c(C(Nc2ccc(C(=N)N)cc2)C(=O)NNS(=O)(=O)c2ccccc2)cc1OC.O=C(O)C(F)(F)F. The second kappa shape index (κ2) is 14.1. The molecule has 3 rings (SSSR count). The number of halogens is 4. The van der Waals surface area contributed by atoms with Crippen molar-refractivity contribution in [3.05, 3.63) is 83.7 Å². The Morgan fingerprint density at radius 3 is 1.98 bits per heavy atom. The van der Waals surface area contributed by atoms with Crippen molar-refractivity contribution in [3.63, 3.8) is 0 Å². The van der Waals surface area contributed by atoms with Crippen LogP contribution in [-0.2, 0) is 19.6 Å². The van der Waals surface area contributed by atoms with Crippen LogP contribution in [0.15, 0.2) is 71.6 Å². The summed E-state index contributed by atoms with van der Waals surface area (Å²) in [5.41, 5.74) is 8.30. The Morgan fingerprint density at radius 2 is 1.50 bits per heavy atom. The fraction of sp³-hybridized carbons (Fsp3) is 0.160. The van der Waals surface area contributed by atoms with Gasteiger partial charge in [0.15, 0.2) is 11.5 Å². The first kappa shape index (κ1) is 33.3. The molecule has 3 aromatic rings. The number of carboxylic acid groups (broad SMARTS) is 1. The quantitative estimate of drug-likeness (QED) is 0.0861. The van der Waals surface area contributed by atoms with Crippen molar-refractivity contribution >= 4 is 33.4 Å². The number of benzene rings is 3. The summed E-state index contributed by atoms with van der Waals surface area (Å²) in [5, 5.41) is 17.5. The van der Waals surface area contributed by atoms with E-state index >= 15 is 4.39 Å². The molecule has 226 valence electrons. The Bertz CT molecular complexity index is 1520. The van der Waals surface area contributed by atoms with Crippen LogP contribution in [0.4, 0.5) is 23.2 Å². The van der Waals surface area contributed by atoms with Crippen molar-refractivity contribution in [3.8, 4) is 11.5 Å². The fourth-order valence-electron chi connectivity index (χ4n) is 3.14. The highest BCUT2D eigenvalue weighted by atomic mass is 32.2. The van der Waals surface area contributed by atoms with E-state index in [-0.39, 0.29) is 27.8 Å². The third-order valence-corrected chi connectivity index (χ3v) is 6.45. The standard InChI is InChI=1S/C23H24FN5O5S.C2HF3O2/c1-33-19-12-17(18(24)13-20(19)34-2)21(27-15-10-8-14(9-11-15)22(25)26)23(30)28-29-35(31,32)16-6-4-3-5-7-16;3-2(4,5)1(6)7/h3-13,21,27,29H,1-2H3,(H3,25,26)(H,28,30);(H,6,7). The van der Waals surface area contributed by atoms with Crippen LogP contribution in [0.25, 0.3) is 0 Å². The van der Waals surface area contributed by atoms with Gasteiger partial charge in [-0.15, -0.1) is 4.83 Å². The molecule has 0 bridgehead atoms. The molecule has 12 nitrogen and oxygen atoms in total. The minimum absolute atomic E-state index is 0.0677. The van der Waals surface area contributed by atoms with E-state index in [2.05, 4.69) is 10.7 Å². The van der Waals surface area contributed by atoms with Gasteiger partial charge in [-0.25, -0.2) is 17.6 Å². The molecule has 42 heavy (non-hydrogen) atoms. The normalized spacial score (nSPS) is 11.8. The number of hydrogen-bond donors (Lipinski definition) is 6. The van der Waals surface area contributed by atoms with Gasteiger partial charge in [0, 0.05) is 22.9 Å². The Morgan fingerprint density at radius 1 is 0.976 bits per heavy atom. The van der Waals surface area contributed by atoms with Crippen LogP contribution in [0.5, 0.6) is 11.5 Å². The monoisotopic (exact) mass is 615 g/mol. The largest absolute Gasteiger partial charge is 0.493 e. The maximum atomic E-state index is 15.0.